The van der Waals surface area contributed by atoms with Crippen molar-refractivity contribution in [1.82, 2.24) is 29.4 Å². The molecule has 5 heterocycles. The van der Waals surface area contributed by atoms with E-state index >= 15 is 0 Å². The summed E-state index contributed by atoms with van der Waals surface area (Å²) >= 11 is 0. The van der Waals surface area contributed by atoms with E-state index in [1.165, 1.54) is 27.7 Å². The van der Waals surface area contributed by atoms with Crippen molar-refractivity contribution in [3.05, 3.63) is 71.8 Å². The minimum Gasteiger partial charge on any atom is -0.299 e. The summed E-state index contributed by atoms with van der Waals surface area (Å²) in [6, 6.07) is 19.8. The van der Waals surface area contributed by atoms with Crippen molar-refractivity contribution >= 4 is 23.6 Å². The molecule has 4 atom stereocenters. The fourth-order valence-corrected chi connectivity index (χ4v) is 7.13. The van der Waals surface area contributed by atoms with Gasteiger partial charge in [0.2, 0.25) is 23.6 Å². The van der Waals surface area contributed by atoms with Crippen LogP contribution in [0.2, 0.25) is 0 Å². The van der Waals surface area contributed by atoms with Gasteiger partial charge in [-0.1, -0.05) is 60.7 Å². The van der Waals surface area contributed by atoms with Crippen molar-refractivity contribution in [3.8, 4) is 0 Å². The van der Waals surface area contributed by atoms with Gasteiger partial charge in [-0.2, -0.15) is 0 Å². The van der Waals surface area contributed by atoms with Crippen LogP contribution in [0.1, 0.15) is 38.8 Å². The first-order valence-electron chi connectivity index (χ1n) is 13.0. The molecule has 4 unspecified atom stereocenters. The first-order chi connectivity index (χ1) is 18.2. The van der Waals surface area contributed by atoms with Crippen LogP contribution in [0.4, 0.5) is 0 Å². The maximum absolute atomic E-state index is 13.4. The Kier molecular flexibility index (Phi) is 5.77. The Morgan fingerprint density at radius 1 is 0.474 bits per heavy atom. The highest BCUT2D eigenvalue weighted by Gasteiger charge is 2.74. The Balaban J connectivity index is 1.61. The molecule has 5 fully saturated rings. The second kappa shape index (κ2) is 8.92. The van der Waals surface area contributed by atoms with Crippen LogP contribution in [-0.4, -0.2) is 90.0 Å². The van der Waals surface area contributed by atoms with Gasteiger partial charge in [0.1, 0.15) is 37.0 Å². The minimum atomic E-state index is -0.790. The van der Waals surface area contributed by atoms with E-state index in [2.05, 4.69) is 9.80 Å². The zero-order valence-corrected chi connectivity index (χ0v) is 22.0. The highest BCUT2D eigenvalue weighted by atomic mass is 16.2. The van der Waals surface area contributed by atoms with Gasteiger partial charge in [0.25, 0.3) is 0 Å². The molecule has 0 aromatic heterocycles. The number of carbonyl (C=O) groups excluding carboxylic acids is 4. The summed E-state index contributed by atoms with van der Waals surface area (Å²) in [6.07, 6.45) is -3.55. The van der Waals surface area contributed by atoms with Crippen molar-refractivity contribution in [2.75, 3.05) is 0 Å². The Labute approximate surface area is 222 Å². The van der Waals surface area contributed by atoms with Crippen LogP contribution in [0.25, 0.3) is 0 Å². The van der Waals surface area contributed by atoms with Crippen LogP contribution in [0.5, 0.6) is 0 Å². The average Bonchev–Trinajstić information content (AvgIpc) is 3.36. The van der Waals surface area contributed by atoms with Gasteiger partial charge in [0.05, 0.1) is 0 Å². The second-order valence-corrected chi connectivity index (χ2v) is 10.5. The van der Waals surface area contributed by atoms with Crippen molar-refractivity contribution in [3.63, 3.8) is 0 Å². The molecule has 0 radical (unpaired) electrons. The first kappa shape index (κ1) is 24.6. The van der Waals surface area contributed by atoms with E-state index in [4.69, 9.17) is 0 Å². The summed E-state index contributed by atoms with van der Waals surface area (Å²) in [5.41, 5.74) is 2.04. The third-order valence-corrected chi connectivity index (χ3v) is 8.31. The largest absolute Gasteiger partial charge is 0.299 e. The fraction of sp³-hybridized carbons (Fsp3) is 0.429. The summed E-state index contributed by atoms with van der Waals surface area (Å²) in [4.78, 5) is 64.7. The summed E-state index contributed by atoms with van der Waals surface area (Å²) in [5.74, 6) is -0.817. The van der Waals surface area contributed by atoms with E-state index in [1.807, 2.05) is 60.7 Å². The average molecular weight is 517 g/mol. The lowest BCUT2D eigenvalue weighted by Gasteiger charge is -2.54. The monoisotopic (exact) mass is 516 g/mol. The second-order valence-electron chi connectivity index (χ2n) is 10.5. The lowest BCUT2D eigenvalue weighted by Crippen LogP contribution is -2.74. The number of nitrogens with zero attached hydrogens (tertiary/aromatic N) is 6. The maximum Gasteiger partial charge on any atom is 0.222 e. The molecule has 6 bridgehead atoms. The lowest BCUT2D eigenvalue weighted by atomic mass is 10.0. The smallest absolute Gasteiger partial charge is 0.222 e. The molecule has 0 N–H and O–H groups in total. The maximum atomic E-state index is 13.4. The standard InChI is InChI=1S/C28H32N6O4/c1-17(35)31-23-24-30(16-22-13-9-6-10-14-22)26-25(29(23)15-21-11-7-5-8-12-21)33(19(3)37)28(34(26)20(4)38)27(31)32(24)18(2)36/h5-14,23-28H,15-16H2,1-4H3. The van der Waals surface area contributed by atoms with Gasteiger partial charge < -0.3 is 0 Å². The molecule has 2 aromatic carbocycles. The number of rotatable bonds is 4. The molecule has 5 aliphatic heterocycles. The van der Waals surface area contributed by atoms with E-state index in [1.54, 1.807) is 19.6 Å². The Morgan fingerprint density at radius 2 is 0.737 bits per heavy atom. The van der Waals surface area contributed by atoms with Crippen LogP contribution in [0.15, 0.2) is 60.7 Å². The fourth-order valence-electron chi connectivity index (χ4n) is 7.13. The summed E-state index contributed by atoms with van der Waals surface area (Å²) in [7, 11) is 0. The SMILES string of the molecule is CC(=O)N1C2C3N(Cc4ccccc4)C4C(N2Cc2ccccc2)N(C(C)=O)C(C1N3C(C)=O)N4C(C)=O. The van der Waals surface area contributed by atoms with E-state index in [-0.39, 0.29) is 23.6 Å². The molecule has 0 spiro atoms. The number of carbonyl (C=O) groups is 4. The molecule has 0 saturated carbocycles. The third kappa shape index (κ3) is 3.40. The molecule has 7 rings (SSSR count). The zero-order chi connectivity index (χ0) is 26.9. The number of hydrogen-bond acceptors (Lipinski definition) is 6. The van der Waals surface area contributed by atoms with Crippen LogP contribution < -0.4 is 0 Å². The van der Waals surface area contributed by atoms with Gasteiger partial charge >= 0.3 is 0 Å². The minimum absolute atomic E-state index is 0.204. The van der Waals surface area contributed by atoms with Gasteiger partial charge in [-0.15, -0.1) is 0 Å². The molecular formula is C28H32N6O4. The molecule has 5 saturated heterocycles. The molecule has 10 nitrogen and oxygen atoms in total. The summed E-state index contributed by atoms with van der Waals surface area (Å²) in [6.45, 7) is 6.89. The van der Waals surface area contributed by atoms with E-state index in [0.29, 0.717) is 13.1 Å². The number of piperazine rings is 1. The molecule has 0 aliphatic carbocycles. The van der Waals surface area contributed by atoms with Crippen molar-refractivity contribution in [2.24, 2.45) is 0 Å². The Hall–Kier alpha value is -3.76. The molecule has 4 amide bonds. The van der Waals surface area contributed by atoms with Gasteiger partial charge in [0.15, 0.2) is 0 Å². The molecule has 5 aliphatic rings. The normalized spacial score (nSPS) is 29.8. The highest BCUT2D eigenvalue weighted by molar-refractivity contribution is 5.83. The van der Waals surface area contributed by atoms with Crippen LogP contribution in [-0.2, 0) is 32.3 Å². The van der Waals surface area contributed by atoms with Gasteiger partial charge in [-0.25, -0.2) is 0 Å². The lowest BCUT2D eigenvalue weighted by molar-refractivity contribution is -0.179. The van der Waals surface area contributed by atoms with Crippen LogP contribution in [0.3, 0.4) is 0 Å². The van der Waals surface area contributed by atoms with Crippen molar-refractivity contribution in [2.45, 2.75) is 77.8 Å². The third-order valence-electron chi connectivity index (χ3n) is 8.31. The summed E-state index contributed by atoms with van der Waals surface area (Å²) in [5, 5.41) is 0. The van der Waals surface area contributed by atoms with E-state index < -0.39 is 37.0 Å². The highest BCUT2D eigenvalue weighted by Crippen LogP contribution is 2.52. The number of benzene rings is 2. The predicted octanol–water partition coefficient (Wildman–Crippen LogP) is 1.40. The predicted molar refractivity (Wildman–Crippen MR) is 137 cm³/mol. The first-order valence-corrected chi connectivity index (χ1v) is 13.0. The molecule has 10 heteroatoms. The molecule has 2 aromatic rings. The van der Waals surface area contributed by atoms with Crippen LogP contribution in [0, 0.1) is 0 Å². The topological polar surface area (TPSA) is 87.7 Å². The zero-order valence-electron chi connectivity index (χ0n) is 22.0. The quantitative estimate of drug-likeness (QED) is 0.611. The Morgan fingerprint density at radius 3 is 0.974 bits per heavy atom. The van der Waals surface area contributed by atoms with Gasteiger partial charge in [0, 0.05) is 40.8 Å². The molecule has 198 valence electrons. The van der Waals surface area contributed by atoms with E-state index in [9.17, 15) is 19.2 Å². The van der Waals surface area contributed by atoms with E-state index in [0.717, 1.165) is 11.1 Å². The van der Waals surface area contributed by atoms with Crippen molar-refractivity contribution < 1.29 is 19.2 Å². The molecule has 38 heavy (non-hydrogen) atoms. The molecular weight excluding hydrogens is 484 g/mol. The van der Waals surface area contributed by atoms with Crippen molar-refractivity contribution in [1.29, 1.82) is 0 Å². The number of hydrogen-bond donors (Lipinski definition) is 0. The van der Waals surface area contributed by atoms with Gasteiger partial charge in [-0.05, 0) is 11.1 Å². The number of amides is 4. The van der Waals surface area contributed by atoms with Crippen LogP contribution >= 0.6 is 0 Å². The van der Waals surface area contributed by atoms with Gasteiger partial charge in [-0.3, -0.25) is 48.6 Å². The Bertz CT molecular complexity index is 1130. The summed E-state index contributed by atoms with van der Waals surface area (Å²) < 4.78 is 0.